The third-order valence-electron chi connectivity index (χ3n) is 1.59. The molecule has 0 aromatic rings. The standard InChI is InChI=1S/C8H14O3/c1-4-6(8(10)11)7(9)5(2)3/h4-7,9H,1H2,2-3H3,(H,10,11). The van der Waals surface area contributed by atoms with Gasteiger partial charge in [0.2, 0.25) is 0 Å². The molecule has 2 atom stereocenters. The third kappa shape index (κ3) is 2.72. The van der Waals surface area contributed by atoms with Crippen LogP contribution >= 0.6 is 0 Å². The Balaban J connectivity index is 4.25. The topological polar surface area (TPSA) is 57.5 Å². The van der Waals surface area contributed by atoms with Gasteiger partial charge in [0.25, 0.3) is 0 Å². The second kappa shape index (κ2) is 4.13. The molecule has 0 aliphatic heterocycles. The molecule has 0 aliphatic rings. The van der Waals surface area contributed by atoms with Crippen LogP contribution in [0.15, 0.2) is 12.7 Å². The Kier molecular flexibility index (Phi) is 3.82. The van der Waals surface area contributed by atoms with Crippen molar-refractivity contribution in [3.63, 3.8) is 0 Å². The highest BCUT2D eigenvalue weighted by molar-refractivity contribution is 5.72. The van der Waals surface area contributed by atoms with E-state index < -0.39 is 18.0 Å². The molecule has 0 fully saturated rings. The van der Waals surface area contributed by atoms with Crippen molar-refractivity contribution in [2.75, 3.05) is 0 Å². The Labute approximate surface area is 66.4 Å². The minimum absolute atomic E-state index is 0.0610. The summed E-state index contributed by atoms with van der Waals surface area (Å²) >= 11 is 0. The van der Waals surface area contributed by atoms with Gasteiger partial charge in [-0.3, -0.25) is 4.79 Å². The van der Waals surface area contributed by atoms with Gasteiger partial charge in [-0.05, 0) is 5.92 Å². The number of hydrogen-bond donors (Lipinski definition) is 2. The fraction of sp³-hybridized carbons (Fsp3) is 0.625. The van der Waals surface area contributed by atoms with Crippen molar-refractivity contribution in [1.29, 1.82) is 0 Å². The van der Waals surface area contributed by atoms with Gasteiger partial charge in [0, 0.05) is 0 Å². The summed E-state index contributed by atoms with van der Waals surface area (Å²) < 4.78 is 0. The second-order valence-corrected chi connectivity index (χ2v) is 2.83. The lowest BCUT2D eigenvalue weighted by atomic mass is 9.94. The zero-order chi connectivity index (χ0) is 9.02. The molecular weight excluding hydrogens is 144 g/mol. The first kappa shape index (κ1) is 10.2. The largest absolute Gasteiger partial charge is 0.481 e. The average Bonchev–Trinajstić information content (AvgIpc) is 1.88. The van der Waals surface area contributed by atoms with Crippen molar-refractivity contribution in [3.8, 4) is 0 Å². The first-order valence-corrected chi connectivity index (χ1v) is 3.54. The minimum Gasteiger partial charge on any atom is -0.481 e. The summed E-state index contributed by atoms with van der Waals surface area (Å²) in [4.78, 5) is 10.4. The predicted octanol–water partition coefficient (Wildman–Crippen LogP) is 0.890. The van der Waals surface area contributed by atoms with Gasteiger partial charge in [-0.2, -0.15) is 0 Å². The monoisotopic (exact) mass is 158 g/mol. The Hall–Kier alpha value is -0.830. The molecule has 11 heavy (non-hydrogen) atoms. The lowest BCUT2D eigenvalue weighted by Crippen LogP contribution is -2.30. The van der Waals surface area contributed by atoms with Gasteiger partial charge in [-0.1, -0.05) is 19.9 Å². The Morgan fingerprint density at radius 1 is 1.55 bits per heavy atom. The fourth-order valence-corrected chi connectivity index (χ4v) is 0.801. The van der Waals surface area contributed by atoms with Crippen LogP contribution in [0.4, 0.5) is 0 Å². The van der Waals surface area contributed by atoms with Gasteiger partial charge >= 0.3 is 5.97 Å². The van der Waals surface area contributed by atoms with E-state index in [2.05, 4.69) is 6.58 Å². The van der Waals surface area contributed by atoms with Crippen molar-refractivity contribution in [1.82, 2.24) is 0 Å². The van der Waals surface area contributed by atoms with Gasteiger partial charge in [0.1, 0.15) is 5.92 Å². The zero-order valence-electron chi connectivity index (χ0n) is 6.82. The number of aliphatic carboxylic acids is 1. The first-order chi connectivity index (χ1) is 5.00. The molecule has 0 bridgehead atoms. The average molecular weight is 158 g/mol. The number of rotatable bonds is 4. The van der Waals surface area contributed by atoms with Crippen LogP contribution in [-0.4, -0.2) is 22.3 Å². The molecule has 0 spiro atoms. The highest BCUT2D eigenvalue weighted by Crippen LogP contribution is 2.13. The van der Waals surface area contributed by atoms with Crippen LogP contribution in [0.1, 0.15) is 13.8 Å². The third-order valence-corrected chi connectivity index (χ3v) is 1.59. The molecule has 3 heteroatoms. The van der Waals surface area contributed by atoms with Crippen molar-refractivity contribution < 1.29 is 15.0 Å². The smallest absolute Gasteiger partial charge is 0.313 e. The van der Waals surface area contributed by atoms with Gasteiger partial charge in [-0.15, -0.1) is 6.58 Å². The normalized spacial score (nSPS) is 16.0. The summed E-state index contributed by atoms with van der Waals surface area (Å²) in [7, 11) is 0. The molecule has 3 nitrogen and oxygen atoms in total. The summed E-state index contributed by atoms with van der Waals surface area (Å²) in [5, 5.41) is 17.9. The van der Waals surface area contributed by atoms with Gasteiger partial charge in [0.05, 0.1) is 6.10 Å². The molecular formula is C8H14O3. The Bertz CT molecular complexity index is 151. The molecule has 0 rings (SSSR count). The van der Waals surface area contributed by atoms with Gasteiger partial charge < -0.3 is 10.2 Å². The molecule has 0 saturated heterocycles. The summed E-state index contributed by atoms with van der Waals surface area (Å²) in [5.41, 5.74) is 0. The van der Waals surface area contributed by atoms with Crippen LogP contribution in [0.25, 0.3) is 0 Å². The van der Waals surface area contributed by atoms with Crippen LogP contribution in [0, 0.1) is 11.8 Å². The van der Waals surface area contributed by atoms with Gasteiger partial charge in [0.15, 0.2) is 0 Å². The molecule has 2 unspecified atom stereocenters. The second-order valence-electron chi connectivity index (χ2n) is 2.83. The van der Waals surface area contributed by atoms with Crippen LogP contribution in [0.5, 0.6) is 0 Å². The van der Waals surface area contributed by atoms with E-state index in [1.54, 1.807) is 13.8 Å². The zero-order valence-corrected chi connectivity index (χ0v) is 6.82. The van der Waals surface area contributed by atoms with Crippen molar-refractivity contribution >= 4 is 5.97 Å². The molecule has 0 aliphatic carbocycles. The van der Waals surface area contributed by atoms with E-state index in [0.717, 1.165) is 0 Å². The van der Waals surface area contributed by atoms with Crippen LogP contribution in [-0.2, 0) is 4.79 Å². The molecule has 0 aromatic heterocycles. The van der Waals surface area contributed by atoms with E-state index in [1.807, 2.05) is 0 Å². The van der Waals surface area contributed by atoms with Gasteiger partial charge in [-0.25, -0.2) is 0 Å². The maximum atomic E-state index is 10.4. The lowest BCUT2D eigenvalue weighted by Gasteiger charge is -2.18. The summed E-state index contributed by atoms with van der Waals surface area (Å²) in [6.07, 6.45) is 0.414. The number of carbonyl (C=O) groups is 1. The fourth-order valence-electron chi connectivity index (χ4n) is 0.801. The Morgan fingerprint density at radius 2 is 2.00 bits per heavy atom. The molecule has 0 heterocycles. The van der Waals surface area contributed by atoms with Crippen LogP contribution < -0.4 is 0 Å². The number of hydrogen-bond acceptors (Lipinski definition) is 2. The number of carboxylic acids is 1. The highest BCUT2D eigenvalue weighted by atomic mass is 16.4. The molecule has 0 amide bonds. The van der Waals surface area contributed by atoms with Crippen molar-refractivity contribution in [3.05, 3.63) is 12.7 Å². The number of carboxylic acid groups (broad SMARTS) is 1. The molecule has 64 valence electrons. The maximum Gasteiger partial charge on any atom is 0.313 e. The highest BCUT2D eigenvalue weighted by Gasteiger charge is 2.25. The summed E-state index contributed by atoms with van der Waals surface area (Å²) in [6, 6.07) is 0. The summed E-state index contributed by atoms with van der Waals surface area (Å²) in [5.74, 6) is -1.94. The van der Waals surface area contributed by atoms with Crippen molar-refractivity contribution in [2.24, 2.45) is 11.8 Å². The van der Waals surface area contributed by atoms with Crippen LogP contribution in [0.3, 0.4) is 0 Å². The SMILES string of the molecule is C=CC(C(=O)O)C(O)C(C)C. The Morgan fingerprint density at radius 3 is 2.09 bits per heavy atom. The predicted molar refractivity (Wildman–Crippen MR) is 42.2 cm³/mol. The molecule has 0 aromatic carbocycles. The van der Waals surface area contributed by atoms with E-state index in [-0.39, 0.29) is 5.92 Å². The lowest BCUT2D eigenvalue weighted by molar-refractivity contribution is -0.144. The van der Waals surface area contributed by atoms with E-state index >= 15 is 0 Å². The van der Waals surface area contributed by atoms with Crippen molar-refractivity contribution in [2.45, 2.75) is 20.0 Å². The summed E-state index contributed by atoms with van der Waals surface area (Å²) in [6.45, 7) is 6.88. The van der Waals surface area contributed by atoms with E-state index in [0.29, 0.717) is 0 Å². The van der Waals surface area contributed by atoms with E-state index in [4.69, 9.17) is 5.11 Å². The maximum absolute atomic E-state index is 10.4. The molecule has 0 radical (unpaired) electrons. The molecule has 0 saturated carbocycles. The molecule has 2 N–H and O–H groups in total. The van der Waals surface area contributed by atoms with Crippen LogP contribution in [0.2, 0.25) is 0 Å². The first-order valence-electron chi connectivity index (χ1n) is 3.54. The quantitative estimate of drug-likeness (QED) is 0.597. The van der Waals surface area contributed by atoms with E-state index in [1.165, 1.54) is 6.08 Å². The minimum atomic E-state index is -1.03. The number of aliphatic hydroxyl groups is 1. The number of aliphatic hydroxyl groups excluding tert-OH is 1. The van der Waals surface area contributed by atoms with E-state index in [9.17, 15) is 9.90 Å².